The van der Waals surface area contributed by atoms with Gasteiger partial charge in [0.05, 0.1) is 17.4 Å². The molecule has 0 radical (unpaired) electrons. The number of aromatic nitrogens is 2. The summed E-state index contributed by atoms with van der Waals surface area (Å²) in [5.41, 5.74) is 4.18. The van der Waals surface area contributed by atoms with E-state index in [1.165, 1.54) is 24.7 Å². The quantitative estimate of drug-likeness (QED) is 0.421. The van der Waals surface area contributed by atoms with Crippen LogP contribution in [0.5, 0.6) is 11.5 Å². The predicted molar refractivity (Wildman–Crippen MR) is 119 cm³/mol. The summed E-state index contributed by atoms with van der Waals surface area (Å²) in [5.74, 6) is 0.501. The fraction of sp³-hybridized carbons (Fsp3) is 0.0435. The third-order valence-corrected chi connectivity index (χ3v) is 5.83. The Morgan fingerprint density at radius 3 is 2.41 bits per heavy atom. The smallest absolute Gasteiger partial charge is 0.284 e. The summed E-state index contributed by atoms with van der Waals surface area (Å²) in [6.07, 6.45) is 2.83. The number of rotatable bonds is 7. The van der Waals surface area contributed by atoms with Crippen LogP contribution in [0.1, 0.15) is 16.1 Å². The van der Waals surface area contributed by atoms with Crippen LogP contribution in [-0.2, 0) is 10.0 Å². The minimum absolute atomic E-state index is 0.0223. The maximum Gasteiger partial charge on any atom is 0.284 e. The van der Waals surface area contributed by atoms with E-state index in [9.17, 15) is 13.2 Å². The van der Waals surface area contributed by atoms with Crippen molar-refractivity contribution in [2.24, 2.45) is 0 Å². The second-order valence-corrected chi connectivity index (χ2v) is 8.62. The second-order valence-electron chi connectivity index (χ2n) is 6.93. The first-order valence-corrected chi connectivity index (χ1v) is 11.2. The van der Waals surface area contributed by atoms with Gasteiger partial charge in [-0.1, -0.05) is 30.3 Å². The van der Waals surface area contributed by atoms with Gasteiger partial charge in [0.25, 0.3) is 15.9 Å². The molecule has 0 fully saturated rings. The number of nitrogens with one attached hydrogen (secondary N) is 2. The Bertz CT molecular complexity index is 1330. The van der Waals surface area contributed by atoms with E-state index >= 15 is 0 Å². The number of carbonyl (C=O) groups excluding carboxylic acids is 1. The lowest BCUT2D eigenvalue weighted by Crippen LogP contribution is -2.42. The van der Waals surface area contributed by atoms with Crippen molar-refractivity contribution < 1.29 is 17.9 Å². The zero-order valence-corrected chi connectivity index (χ0v) is 17.9. The minimum Gasteiger partial charge on any atom is -0.457 e. The van der Waals surface area contributed by atoms with Crippen molar-refractivity contribution in [2.45, 2.75) is 11.8 Å². The van der Waals surface area contributed by atoms with Gasteiger partial charge in [0.1, 0.15) is 17.2 Å². The van der Waals surface area contributed by atoms with Gasteiger partial charge in [-0.05, 0) is 61.0 Å². The van der Waals surface area contributed by atoms with E-state index in [0.717, 1.165) is 11.3 Å². The molecule has 1 amide bonds. The van der Waals surface area contributed by atoms with Gasteiger partial charge in [0.15, 0.2) is 0 Å². The molecule has 162 valence electrons. The molecule has 4 aromatic rings. The molecule has 0 aliphatic rings. The van der Waals surface area contributed by atoms with Gasteiger partial charge in [-0.25, -0.2) is 13.4 Å². The molecule has 0 unspecified atom stereocenters. The number of hydrazine groups is 1. The highest BCUT2D eigenvalue weighted by molar-refractivity contribution is 7.89. The van der Waals surface area contributed by atoms with Crippen LogP contribution in [0.2, 0.25) is 0 Å². The molecule has 1 heterocycles. The van der Waals surface area contributed by atoms with Crippen molar-refractivity contribution in [1.82, 2.24) is 19.8 Å². The van der Waals surface area contributed by atoms with E-state index < -0.39 is 15.9 Å². The summed E-state index contributed by atoms with van der Waals surface area (Å²) in [5, 5.41) is 0. The normalized spacial score (nSPS) is 11.2. The number of para-hydroxylation sites is 1. The molecule has 0 saturated heterocycles. The molecule has 0 spiro atoms. The fourth-order valence-electron chi connectivity index (χ4n) is 3.00. The number of ether oxygens (including phenoxy) is 1. The van der Waals surface area contributed by atoms with Crippen molar-refractivity contribution in [1.29, 1.82) is 0 Å². The van der Waals surface area contributed by atoms with Crippen molar-refractivity contribution in [3.05, 3.63) is 103 Å². The third kappa shape index (κ3) is 4.85. The molecular weight excluding hydrogens is 428 g/mol. The second kappa shape index (κ2) is 9.04. The number of aryl methyl sites for hydroxylation is 1. The maximum atomic E-state index is 12.6. The molecule has 0 bridgehead atoms. The lowest BCUT2D eigenvalue weighted by molar-refractivity contribution is 0.0938. The summed E-state index contributed by atoms with van der Waals surface area (Å²) < 4.78 is 32.5. The fourth-order valence-corrected chi connectivity index (χ4v) is 3.83. The molecular formula is C23H20N4O4S. The number of nitrogens with zero attached hydrogens (tertiary/aromatic N) is 2. The SMILES string of the molecule is Cc1cccc(Oc2ccc(S(=O)(=O)NNC(=O)c3cncn3-c3ccccc3)cc2)c1. The topological polar surface area (TPSA) is 102 Å². The van der Waals surface area contributed by atoms with Crippen molar-refractivity contribution in [2.75, 3.05) is 0 Å². The minimum atomic E-state index is -3.99. The zero-order valence-electron chi connectivity index (χ0n) is 17.1. The number of sulfonamides is 1. The third-order valence-electron chi connectivity index (χ3n) is 4.56. The van der Waals surface area contributed by atoms with Gasteiger partial charge in [-0.2, -0.15) is 0 Å². The van der Waals surface area contributed by atoms with E-state index in [-0.39, 0.29) is 10.6 Å². The van der Waals surface area contributed by atoms with E-state index in [0.29, 0.717) is 11.5 Å². The van der Waals surface area contributed by atoms with Crippen molar-refractivity contribution in [3.63, 3.8) is 0 Å². The molecule has 1 aromatic heterocycles. The Labute approximate surface area is 185 Å². The zero-order chi connectivity index (χ0) is 22.6. The average Bonchev–Trinajstić information content (AvgIpc) is 3.29. The van der Waals surface area contributed by atoms with Crippen LogP contribution in [0.25, 0.3) is 5.69 Å². The van der Waals surface area contributed by atoms with Crippen LogP contribution in [0, 0.1) is 6.92 Å². The van der Waals surface area contributed by atoms with Gasteiger partial charge in [0.2, 0.25) is 0 Å². The Morgan fingerprint density at radius 1 is 0.938 bits per heavy atom. The summed E-state index contributed by atoms with van der Waals surface area (Å²) >= 11 is 0. The van der Waals surface area contributed by atoms with Gasteiger partial charge >= 0.3 is 0 Å². The summed E-state index contributed by atoms with van der Waals surface area (Å²) in [6, 6.07) is 22.5. The van der Waals surface area contributed by atoms with Crippen LogP contribution < -0.4 is 15.0 Å². The molecule has 0 saturated carbocycles. The molecule has 0 atom stereocenters. The van der Waals surface area contributed by atoms with Crippen LogP contribution >= 0.6 is 0 Å². The molecule has 4 rings (SSSR count). The number of benzene rings is 3. The molecule has 0 aliphatic carbocycles. The summed E-state index contributed by atoms with van der Waals surface area (Å²) in [7, 11) is -3.99. The van der Waals surface area contributed by atoms with E-state index in [2.05, 4.69) is 15.2 Å². The van der Waals surface area contributed by atoms with Crippen LogP contribution in [-0.4, -0.2) is 23.9 Å². The molecule has 2 N–H and O–H groups in total. The van der Waals surface area contributed by atoms with Crippen LogP contribution in [0.4, 0.5) is 0 Å². The van der Waals surface area contributed by atoms with Crippen LogP contribution in [0.15, 0.2) is 96.3 Å². The highest BCUT2D eigenvalue weighted by Gasteiger charge is 2.18. The Kier molecular flexibility index (Phi) is 6.02. The predicted octanol–water partition coefficient (Wildman–Crippen LogP) is 3.60. The first kappa shape index (κ1) is 21.3. The summed E-state index contributed by atoms with van der Waals surface area (Å²) in [4.78, 5) is 18.6. The van der Waals surface area contributed by atoms with Gasteiger partial charge < -0.3 is 4.74 Å². The maximum absolute atomic E-state index is 12.6. The first-order valence-electron chi connectivity index (χ1n) is 9.67. The Balaban J connectivity index is 1.43. The first-order chi connectivity index (χ1) is 15.4. The van der Waals surface area contributed by atoms with Crippen molar-refractivity contribution >= 4 is 15.9 Å². The highest BCUT2D eigenvalue weighted by atomic mass is 32.2. The molecule has 9 heteroatoms. The molecule has 8 nitrogen and oxygen atoms in total. The van der Waals surface area contributed by atoms with Crippen LogP contribution in [0.3, 0.4) is 0 Å². The Hall–Kier alpha value is -3.95. The van der Waals surface area contributed by atoms with E-state index in [1.807, 2.05) is 61.5 Å². The van der Waals surface area contributed by atoms with Gasteiger partial charge in [-0.3, -0.25) is 14.8 Å². The number of hydrogen-bond acceptors (Lipinski definition) is 5. The molecule has 32 heavy (non-hydrogen) atoms. The molecule has 3 aromatic carbocycles. The number of imidazole rings is 1. The lowest BCUT2D eigenvalue weighted by Gasteiger charge is -2.11. The van der Waals surface area contributed by atoms with Gasteiger partial charge in [0, 0.05) is 5.69 Å². The Morgan fingerprint density at radius 2 is 1.69 bits per heavy atom. The number of amides is 1. The van der Waals surface area contributed by atoms with Gasteiger partial charge in [-0.15, -0.1) is 4.83 Å². The molecule has 0 aliphatic heterocycles. The highest BCUT2D eigenvalue weighted by Crippen LogP contribution is 2.23. The number of carbonyl (C=O) groups is 1. The monoisotopic (exact) mass is 448 g/mol. The van der Waals surface area contributed by atoms with E-state index in [4.69, 9.17) is 4.74 Å². The van der Waals surface area contributed by atoms with Crippen molar-refractivity contribution in [3.8, 4) is 17.2 Å². The average molecular weight is 449 g/mol. The largest absolute Gasteiger partial charge is 0.457 e. The van der Waals surface area contributed by atoms with E-state index in [1.54, 1.807) is 16.7 Å². The number of hydrogen-bond donors (Lipinski definition) is 2. The summed E-state index contributed by atoms with van der Waals surface area (Å²) in [6.45, 7) is 1.95. The lowest BCUT2D eigenvalue weighted by atomic mass is 10.2. The standard InChI is InChI=1S/C23H20N4O4S/c1-17-6-5-9-20(14-17)31-19-10-12-21(13-11-19)32(29,30)26-25-23(28)22-15-24-16-27(22)18-7-3-2-4-8-18/h2-16,26H,1H3,(H,25,28).